The summed E-state index contributed by atoms with van der Waals surface area (Å²) in [7, 11) is 0. The van der Waals surface area contributed by atoms with E-state index < -0.39 is 0 Å². The Hall–Kier alpha value is -0.690. The quantitative estimate of drug-likeness (QED) is 0.233. The molecule has 3 N–H and O–H groups in total. The first-order valence-corrected chi connectivity index (χ1v) is 3.93. The SMILES string of the molecule is N=C(NO)c1cccc(I)n1. The summed E-state index contributed by atoms with van der Waals surface area (Å²) in [6.07, 6.45) is 0. The van der Waals surface area contributed by atoms with Crippen molar-refractivity contribution in [3.8, 4) is 0 Å². The Balaban J connectivity index is 2.96. The molecule has 1 heterocycles. The number of nitrogens with zero attached hydrogens (tertiary/aromatic N) is 1. The van der Waals surface area contributed by atoms with Crippen molar-refractivity contribution in [1.82, 2.24) is 10.5 Å². The van der Waals surface area contributed by atoms with Crippen molar-refractivity contribution in [2.24, 2.45) is 0 Å². The van der Waals surface area contributed by atoms with Crippen LogP contribution in [0.25, 0.3) is 0 Å². The highest BCUT2D eigenvalue weighted by molar-refractivity contribution is 14.1. The van der Waals surface area contributed by atoms with Gasteiger partial charge in [-0.15, -0.1) is 0 Å². The second-order valence-corrected chi connectivity index (χ2v) is 2.94. The van der Waals surface area contributed by atoms with Gasteiger partial charge in [0.15, 0.2) is 5.84 Å². The fourth-order valence-electron chi connectivity index (χ4n) is 0.605. The molecular weight excluding hydrogens is 257 g/mol. The van der Waals surface area contributed by atoms with Crippen LogP contribution in [-0.4, -0.2) is 16.0 Å². The number of halogens is 1. The van der Waals surface area contributed by atoms with Crippen molar-refractivity contribution in [1.29, 1.82) is 5.41 Å². The van der Waals surface area contributed by atoms with Crippen molar-refractivity contribution in [2.45, 2.75) is 0 Å². The molecule has 0 aromatic carbocycles. The lowest BCUT2D eigenvalue weighted by Crippen LogP contribution is -2.20. The van der Waals surface area contributed by atoms with E-state index in [9.17, 15) is 0 Å². The Labute approximate surface area is 77.3 Å². The molecule has 0 aliphatic heterocycles. The molecule has 0 unspecified atom stereocenters. The van der Waals surface area contributed by atoms with Gasteiger partial charge in [-0.2, -0.15) is 0 Å². The summed E-state index contributed by atoms with van der Waals surface area (Å²) in [4.78, 5) is 3.98. The van der Waals surface area contributed by atoms with Crippen molar-refractivity contribution >= 4 is 28.4 Å². The summed E-state index contributed by atoms with van der Waals surface area (Å²) in [5, 5.41) is 15.5. The molecule has 0 spiro atoms. The molecule has 0 aliphatic rings. The molecule has 5 heteroatoms. The Morgan fingerprint density at radius 1 is 1.64 bits per heavy atom. The summed E-state index contributed by atoms with van der Waals surface area (Å²) >= 11 is 2.04. The van der Waals surface area contributed by atoms with Gasteiger partial charge < -0.3 is 0 Å². The molecule has 4 nitrogen and oxygen atoms in total. The van der Waals surface area contributed by atoms with Crippen LogP contribution < -0.4 is 5.48 Å². The molecule has 0 amide bonds. The summed E-state index contributed by atoms with van der Waals surface area (Å²) in [6, 6.07) is 5.23. The highest BCUT2D eigenvalue weighted by atomic mass is 127. The van der Waals surface area contributed by atoms with Gasteiger partial charge in [-0.25, -0.2) is 4.98 Å². The third kappa shape index (κ3) is 2.12. The minimum absolute atomic E-state index is 0.0940. The number of hydrogen-bond donors (Lipinski definition) is 3. The lowest BCUT2D eigenvalue weighted by molar-refractivity contribution is 0.234. The van der Waals surface area contributed by atoms with Crippen LogP contribution in [0.1, 0.15) is 5.69 Å². The minimum atomic E-state index is -0.0940. The average Bonchev–Trinajstić information content (AvgIpc) is 2.03. The molecule has 0 aliphatic carbocycles. The largest absolute Gasteiger partial charge is 0.290 e. The zero-order valence-electron chi connectivity index (χ0n) is 5.50. The highest BCUT2D eigenvalue weighted by Gasteiger charge is 1.99. The molecule has 11 heavy (non-hydrogen) atoms. The molecule has 1 rings (SSSR count). The standard InChI is InChI=1S/C6H6IN3O/c7-5-3-1-2-4(9-5)6(8)10-11/h1-3,11H,(H2,8,10). The smallest absolute Gasteiger partial charge is 0.168 e. The van der Waals surface area contributed by atoms with E-state index in [0.29, 0.717) is 5.69 Å². The summed E-state index contributed by atoms with van der Waals surface area (Å²) in [5.41, 5.74) is 2.16. The van der Waals surface area contributed by atoms with Gasteiger partial charge in [0.2, 0.25) is 0 Å². The second kappa shape index (κ2) is 3.63. The monoisotopic (exact) mass is 263 g/mol. The minimum Gasteiger partial charge on any atom is -0.290 e. The van der Waals surface area contributed by atoms with E-state index in [0.717, 1.165) is 3.70 Å². The Kier molecular flexibility index (Phi) is 2.77. The van der Waals surface area contributed by atoms with Gasteiger partial charge in [0, 0.05) is 0 Å². The molecule has 1 aromatic rings. The molecular formula is C6H6IN3O. The van der Waals surface area contributed by atoms with Crippen molar-refractivity contribution in [2.75, 3.05) is 0 Å². The molecule has 0 radical (unpaired) electrons. The number of hydroxylamine groups is 1. The maximum Gasteiger partial charge on any atom is 0.168 e. The molecule has 0 saturated carbocycles. The summed E-state index contributed by atoms with van der Waals surface area (Å²) in [6.45, 7) is 0. The lowest BCUT2D eigenvalue weighted by Gasteiger charge is -1.99. The van der Waals surface area contributed by atoms with Gasteiger partial charge >= 0.3 is 0 Å². The molecule has 0 atom stereocenters. The van der Waals surface area contributed by atoms with Gasteiger partial charge in [0.05, 0.1) is 0 Å². The number of amidine groups is 1. The lowest BCUT2D eigenvalue weighted by atomic mass is 10.3. The predicted molar refractivity (Wildman–Crippen MR) is 48.7 cm³/mol. The van der Waals surface area contributed by atoms with E-state index in [2.05, 4.69) is 4.98 Å². The Bertz CT molecular complexity index is 276. The summed E-state index contributed by atoms with van der Waals surface area (Å²) in [5.74, 6) is -0.0940. The number of pyridine rings is 1. The van der Waals surface area contributed by atoms with Crippen LogP contribution in [0.3, 0.4) is 0 Å². The fourth-order valence-corrected chi connectivity index (χ4v) is 1.07. The number of nitrogens with one attached hydrogen (secondary N) is 2. The van der Waals surface area contributed by atoms with E-state index in [4.69, 9.17) is 10.6 Å². The zero-order chi connectivity index (χ0) is 8.27. The van der Waals surface area contributed by atoms with Gasteiger partial charge in [-0.1, -0.05) is 6.07 Å². The molecule has 58 valence electrons. The van der Waals surface area contributed by atoms with Gasteiger partial charge in [0.25, 0.3) is 0 Å². The van der Waals surface area contributed by atoms with E-state index >= 15 is 0 Å². The van der Waals surface area contributed by atoms with Gasteiger partial charge in [-0.3, -0.25) is 16.1 Å². The Morgan fingerprint density at radius 3 is 2.91 bits per heavy atom. The van der Waals surface area contributed by atoms with Crippen LogP contribution in [0.5, 0.6) is 0 Å². The number of aromatic nitrogens is 1. The topological polar surface area (TPSA) is 69.0 Å². The van der Waals surface area contributed by atoms with E-state index in [1.54, 1.807) is 17.6 Å². The molecule has 0 bridgehead atoms. The van der Waals surface area contributed by atoms with Gasteiger partial charge in [-0.05, 0) is 34.7 Å². The molecule has 1 aromatic heterocycles. The van der Waals surface area contributed by atoms with Crippen LogP contribution in [0, 0.1) is 9.11 Å². The first kappa shape index (κ1) is 8.41. The normalized spacial score (nSPS) is 9.27. The van der Waals surface area contributed by atoms with E-state index in [-0.39, 0.29) is 5.84 Å². The first-order valence-electron chi connectivity index (χ1n) is 2.85. The highest BCUT2D eigenvalue weighted by Crippen LogP contribution is 2.01. The maximum absolute atomic E-state index is 8.36. The van der Waals surface area contributed by atoms with Crippen molar-refractivity contribution < 1.29 is 5.21 Å². The predicted octanol–water partition coefficient (Wildman–Crippen LogP) is 0.990. The fraction of sp³-hybridized carbons (Fsp3) is 0. The Morgan fingerprint density at radius 2 is 2.36 bits per heavy atom. The number of rotatable bonds is 1. The third-order valence-corrected chi connectivity index (χ3v) is 1.68. The maximum atomic E-state index is 8.36. The van der Waals surface area contributed by atoms with Crippen molar-refractivity contribution in [3.63, 3.8) is 0 Å². The van der Waals surface area contributed by atoms with Gasteiger partial charge in [0.1, 0.15) is 9.39 Å². The van der Waals surface area contributed by atoms with E-state index in [1.807, 2.05) is 28.7 Å². The van der Waals surface area contributed by atoms with Crippen LogP contribution in [0.4, 0.5) is 0 Å². The number of hydrogen-bond acceptors (Lipinski definition) is 3. The second-order valence-electron chi connectivity index (χ2n) is 1.83. The van der Waals surface area contributed by atoms with Crippen molar-refractivity contribution in [3.05, 3.63) is 27.6 Å². The first-order chi connectivity index (χ1) is 5.24. The van der Waals surface area contributed by atoms with Crippen LogP contribution in [0.2, 0.25) is 0 Å². The van der Waals surface area contributed by atoms with Crippen LogP contribution in [-0.2, 0) is 0 Å². The van der Waals surface area contributed by atoms with E-state index in [1.165, 1.54) is 0 Å². The van der Waals surface area contributed by atoms with Crippen LogP contribution in [0.15, 0.2) is 18.2 Å². The third-order valence-electron chi connectivity index (χ3n) is 1.08. The summed E-state index contributed by atoms with van der Waals surface area (Å²) < 4.78 is 0.792. The van der Waals surface area contributed by atoms with Crippen LogP contribution >= 0.6 is 22.6 Å². The molecule has 0 saturated heterocycles. The zero-order valence-corrected chi connectivity index (χ0v) is 7.66. The molecule has 0 fully saturated rings. The average molecular weight is 263 g/mol.